The molecule has 2 aromatic rings. The van der Waals surface area contributed by atoms with Gasteiger partial charge in [0.2, 0.25) is 5.91 Å². The van der Waals surface area contributed by atoms with Crippen molar-refractivity contribution in [3.8, 4) is 5.75 Å². The molecule has 0 aliphatic rings. The van der Waals surface area contributed by atoms with Gasteiger partial charge < -0.3 is 15.0 Å². The highest BCUT2D eigenvalue weighted by molar-refractivity contribution is 6.30. The maximum atomic E-state index is 12.3. The number of amides is 2. The summed E-state index contributed by atoms with van der Waals surface area (Å²) in [6, 6.07) is 15.8. The largest absolute Gasteiger partial charge is 0.481 e. The molecule has 0 radical (unpaired) electrons. The molecular weight excluding hydrogens is 328 g/mol. The summed E-state index contributed by atoms with van der Waals surface area (Å²) in [4.78, 5) is 25.6. The highest BCUT2D eigenvalue weighted by atomic mass is 35.5. The first kappa shape index (κ1) is 17.8. The van der Waals surface area contributed by atoms with Crippen molar-refractivity contribution in [3.63, 3.8) is 0 Å². The molecule has 2 aromatic carbocycles. The van der Waals surface area contributed by atoms with Gasteiger partial charge in [-0.3, -0.25) is 9.59 Å². The van der Waals surface area contributed by atoms with Crippen molar-refractivity contribution in [1.82, 2.24) is 4.90 Å². The van der Waals surface area contributed by atoms with E-state index in [0.717, 1.165) is 0 Å². The lowest BCUT2D eigenvalue weighted by molar-refractivity contribution is -0.139. The van der Waals surface area contributed by atoms with Gasteiger partial charge in [-0.05, 0) is 43.3 Å². The fourth-order valence-electron chi connectivity index (χ4n) is 2.09. The van der Waals surface area contributed by atoms with Gasteiger partial charge in [0, 0.05) is 17.8 Å². The second kappa shape index (κ2) is 8.36. The molecule has 0 spiro atoms. The zero-order chi connectivity index (χ0) is 17.5. The van der Waals surface area contributed by atoms with Crippen LogP contribution >= 0.6 is 11.6 Å². The van der Waals surface area contributed by atoms with Crippen molar-refractivity contribution >= 4 is 29.1 Å². The number of hydrogen-bond acceptors (Lipinski definition) is 3. The van der Waals surface area contributed by atoms with Gasteiger partial charge in [0.05, 0.1) is 6.54 Å². The van der Waals surface area contributed by atoms with Crippen LogP contribution in [0.1, 0.15) is 6.92 Å². The summed E-state index contributed by atoms with van der Waals surface area (Å²) in [6.45, 7) is 1.59. The molecule has 0 saturated heterocycles. The first-order valence-corrected chi connectivity index (χ1v) is 7.85. The number of ether oxygens (including phenoxy) is 1. The Bertz CT molecular complexity index is 689. The molecule has 6 heteroatoms. The minimum atomic E-state index is -0.680. The summed E-state index contributed by atoms with van der Waals surface area (Å²) in [6.07, 6.45) is -0.680. The van der Waals surface area contributed by atoms with Crippen LogP contribution in [0.15, 0.2) is 54.6 Å². The summed E-state index contributed by atoms with van der Waals surface area (Å²) >= 11 is 5.80. The van der Waals surface area contributed by atoms with Crippen LogP contribution in [-0.4, -0.2) is 36.4 Å². The van der Waals surface area contributed by atoms with E-state index in [1.807, 2.05) is 18.2 Å². The molecule has 5 nitrogen and oxygen atoms in total. The summed E-state index contributed by atoms with van der Waals surface area (Å²) in [7, 11) is 1.56. The molecule has 0 bridgehead atoms. The third-order valence-electron chi connectivity index (χ3n) is 3.29. The van der Waals surface area contributed by atoms with Crippen LogP contribution in [0.25, 0.3) is 0 Å². The van der Waals surface area contributed by atoms with Crippen molar-refractivity contribution in [3.05, 3.63) is 59.6 Å². The van der Waals surface area contributed by atoms with E-state index >= 15 is 0 Å². The fraction of sp³-hybridized carbons (Fsp3) is 0.222. The zero-order valence-electron chi connectivity index (χ0n) is 13.5. The van der Waals surface area contributed by atoms with E-state index in [0.29, 0.717) is 16.5 Å². The minimum Gasteiger partial charge on any atom is -0.481 e. The van der Waals surface area contributed by atoms with E-state index in [1.165, 1.54) is 4.90 Å². The maximum absolute atomic E-state index is 12.3. The molecule has 2 rings (SSSR count). The van der Waals surface area contributed by atoms with E-state index < -0.39 is 6.10 Å². The first-order chi connectivity index (χ1) is 11.5. The molecule has 0 saturated carbocycles. The standard InChI is InChI=1S/C18H19ClN2O3/c1-13(24-16-6-4-3-5-7-16)18(23)21(2)12-17(22)20-15-10-8-14(19)9-11-15/h3-11,13H,12H2,1-2H3,(H,20,22)/t13-/m1/s1. The van der Waals surface area contributed by atoms with Crippen LogP contribution in [0.5, 0.6) is 5.75 Å². The predicted molar refractivity (Wildman–Crippen MR) is 94.3 cm³/mol. The number of carbonyl (C=O) groups excluding carboxylic acids is 2. The van der Waals surface area contributed by atoms with E-state index in [1.54, 1.807) is 50.4 Å². The molecule has 0 aliphatic heterocycles. The van der Waals surface area contributed by atoms with Crippen LogP contribution in [0.4, 0.5) is 5.69 Å². The van der Waals surface area contributed by atoms with Gasteiger partial charge in [0.1, 0.15) is 5.75 Å². The van der Waals surface area contributed by atoms with Crippen molar-refractivity contribution in [2.24, 2.45) is 0 Å². The summed E-state index contributed by atoms with van der Waals surface area (Å²) < 4.78 is 5.57. The Labute approximate surface area is 146 Å². The molecule has 0 unspecified atom stereocenters. The Hall–Kier alpha value is -2.53. The Morgan fingerprint density at radius 3 is 2.38 bits per heavy atom. The van der Waals surface area contributed by atoms with Gasteiger partial charge in [-0.1, -0.05) is 29.8 Å². The molecule has 1 atom stereocenters. The lowest BCUT2D eigenvalue weighted by atomic mass is 10.3. The topological polar surface area (TPSA) is 58.6 Å². The smallest absolute Gasteiger partial charge is 0.263 e. The van der Waals surface area contributed by atoms with Crippen molar-refractivity contribution in [1.29, 1.82) is 0 Å². The van der Waals surface area contributed by atoms with Crippen molar-refractivity contribution < 1.29 is 14.3 Å². The van der Waals surface area contributed by atoms with Gasteiger partial charge in [-0.2, -0.15) is 0 Å². The third-order valence-corrected chi connectivity index (χ3v) is 3.54. The van der Waals surface area contributed by atoms with Gasteiger partial charge in [0.15, 0.2) is 6.10 Å². The molecule has 2 amide bonds. The molecular formula is C18H19ClN2O3. The Morgan fingerprint density at radius 2 is 1.75 bits per heavy atom. The third kappa shape index (κ3) is 5.28. The maximum Gasteiger partial charge on any atom is 0.263 e. The van der Waals surface area contributed by atoms with Gasteiger partial charge >= 0.3 is 0 Å². The van der Waals surface area contributed by atoms with E-state index in [-0.39, 0.29) is 18.4 Å². The molecule has 0 aromatic heterocycles. The van der Waals surface area contributed by atoms with Gasteiger partial charge in [-0.25, -0.2) is 0 Å². The number of nitrogens with one attached hydrogen (secondary N) is 1. The monoisotopic (exact) mass is 346 g/mol. The average Bonchev–Trinajstić information content (AvgIpc) is 2.57. The molecule has 1 N–H and O–H groups in total. The Kier molecular flexibility index (Phi) is 6.21. The predicted octanol–water partition coefficient (Wildman–Crippen LogP) is 3.20. The van der Waals surface area contributed by atoms with Crippen LogP contribution in [0.3, 0.4) is 0 Å². The van der Waals surface area contributed by atoms with Gasteiger partial charge in [-0.15, -0.1) is 0 Å². The SMILES string of the molecule is C[C@@H](Oc1ccccc1)C(=O)N(C)CC(=O)Nc1ccc(Cl)cc1. The lowest BCUT2D eigenvalue weighted by Crippen LogP contribution is -2.41. The van der Waals surface area contributed by atoms with Crippen LogP contribution < -0.4 is 10.1 Å². The number of nitrogens with zero attached hydrogens (tertiary/aromatic N) is 1. The van der Waals surface area contributed by atoms with Crippen LogP contribution in [0, 0.1) is 0 Å². The van der Waals surface area contributed by atoms with Crippen LogP contribution in [0.2, 0.25) is 5.02 Å². The highest BCUT2D eigenvalue weighted by Crippen LogP contribution is 2.14. The number of rotatable bonds is 6. The Balaban J connectivity index is 1.86. The average molecular weight is 347 g/mol. The second-order valence-electron chi connectivity index (χ2n) is 5.32. The van der Waals surface area contributed by atoms with Crippen LogP contribution in [-0.2, 0) is 9.59 Å². The van der Waals surface area contributed by atoms with Crippen molar-refractivity contribution in [2.75, 3.05) is 18.9 Å². The second-order valence-corrected chi connectivity index (χ2v) is 5.76. The zero-order valence-corrected chi connectivity index (χ0v) is 14.3. The molecule has 126 valence electrons. The number of para-hydroxylation sites is 1. The van der Waals surface area contributed by atoms with Crippen molar-refractivity contribution in [2.45, 2.75) is 13.0 Å². The number of halogens is 1. The van der Waals surface area contributed by atoms with Gasteiger partial charge in [0.25, 0.3) is 5.91 Å². The molecule has 0 fully saturated rings. The lowest BCUT2D eigenvalue weighted by Gasteiger charge is -2.21. The quantitative estimate of drug-likeness (QED) is 0.873. The Morgan fingerprint density at radius 1 is 1.12 bits per heavy atom. The first-order valence-electron chi connectivity index (χ1n) is 7.48. The number of carbonyl (C=O) groups is 2. The number of hydrogen-bond donors (Lipinski definition) is 1. The number of likely N-dealkylation sites (N-methyl/N-ethyl adjacent to an activating group) is 1. The number of anilines is 1. The molecule has 24 heavy (non-hydrogen) atoms. The molecule has 0 heterocycles. The summed E-state index contributed by atoms with van der Waals surface area (Å²) in [5, 5.41) is 3.30. The summed E-state index contributed by atoms with van der Waals surface area (Å²) in [5.41, 5.74) is 0.624. The normalized spacial score (nSPS) is 11.5. The summed E-state index contributed by atoms with van der Waals surface area (Å²) in [5.74, 6) is 0.0440. The highest BCUT2D eigenvalue weighted by Gasteiger charge is 2.21. The minimum absolute atomic E-state index is 0.0655. The van der Waals surface area contributed by atoms with E-state index in [9.17, 15) is 9.59 Å². The molecule has 0 aliphatic carbocycles. The fourth-order valence-corrected chi connectivity index (χ4v) is 2.22. The number of benzene rings is 2. The van der Waals surface area contributed by atoms with E-state index in [4.69, 9.17) is 16.3 Å². The van der Waals surface area contributed by atoms with E-state index in [2.05, 4.69) is 5.32 Å².